The van der Waals surface area contributed by atoms with Crippen LogP contribution in [-0.4, -0.2) is 25.2 Å². The number of halogens is 1. The van der Waals surface area contributed by atoms with Gasteiger partial charge in [0, 0.05) is 0 Å². The summed E-state index contributed by atoms with van der Waals surface area (Å²) >= 11 is 0. The monoisotopic (exact) mass is 280 g/mol. The van der Waals surface area contributed by atoms with Crippen molar-refractivity contribution in [2.75, 3.05) is 13.2 Å². The van der Waals surface area contributed by atoms with E-state index in [9.17, 15) is 14.0 Å². The maximum absolute atomic E-state index is 12.8. The predicted octanol–water partition coefficient (Wildman–Crippen LogP) is 2.42. The van der Waals surface area contributed by atoms with Gasteiger partial charge in [-0.2, -0.15) is 0 Å². The molecule has 0 bridgehead atoms. The quantitative estimate of drug-likeness (QED) is 0.347. The Morgan fingerprint density at radius 3 is 2.00 bits per heavy atom. The van der Waals surface area contributed by atoms with Crippen molar-refractivity contribution >= 4 is 11.9 Å². The largest absolute Gasteiger partial charge is 0.462 e. The first-order valence-corrected chi connectivity index (χ1v) is 6.37. The zero-order valence-corrected chi connectivity index (χ0v) is 11.5. The molecule has 0 spiro atoms. The highest BCUT2D eigenvalue weighted by molar-refractivity contribution is 6.14. The van der Waals surface area contributed by atoms with Crippen molar-refractivity contribution in [2.24, 2.45) is 0 Å². The van der Waals surface area contributed by atoms with Gasteiger partial charge in [0.25, 0.3) is 0 Å². The first-order valence-electron chi connectivity index (χ1n) is 6.37. The van der Waals surface area contributed by atoms with Gasteiger partial charge < -0.3 is 9.47 Å². The van der Waals surface area contributed by atoms with Crippen molar-refractivity contribution < 1.29 is 23.5 Å². The van der Waals surface area contributed by atoms with Gasteiger partial charge >= 0.3 is 11.9 Å². The van der Waals surface area contributed by atoms with E-state index in [0.717, 1.165) is 5.56 Å². The summed E-state index contributed by atoms with van der Waals surface area (Å²) in [6.45, 7) is 3.65. The fourth-order valence-corrected chi connectivity index (χ4v) is 1.51. The van der Waals surface area contributed by atoms with Crippen LogP contribution in [0, 0.1) is 5.82 Å². The molecule has 0 atom stereocenters. The number of benzene rings is 1. The van der Waals surface area contributed by atoms with Crippen LogP contribution in [0.1, 0.15) is 19.4 Å². The van der Waals surface area contributed by atoms with Crippen LogP contribution in [0.5, 0.6) is 0 Å². The molecule has 5 heteroatoms. The molecule has 0 aromatic heterocycles. The van der Waals surface area contributed by atoms with Crippen LogP contribution in [0.3, 0.4) is 0 Å². The average Bonchev–Trinajstić information content (AvgIpc) is 2.42. The highest BCUT2D eigenvalue weighted by Crippen LogP contribution is 2.08. The lowest BCUT2D eigenvalue weighted by atomic mass is 10.1. The molecule has 0 fully saturated rings. The lowest BCUT2D eigenvalue weighted by molar-refractivity contribution is -0.146. The molecule has 1 aromatic rings. The Kier molecular flexibility index (Phi) is 6.43. The first kappa shape index (κ1) is 15.9. The Morgan fingerprint density at radius 1 is 1.05 bits per heavy atom. The predicted molar refractivity (Wildman–Crippen MR) is 71.5 cm³/mol. The molecule has 4 nitrogen and oxygen atoms in total. The summed E-state index contributed by atoms with van der Waals surface area (Å²) in [7, 11) is 0. The van der Waals surface area contributed by atoms with E-state index in [2.05, 4.69) is 0 Å². The zero-order valence-electron chi connectivity index (χ0n) is 11.5. The van der Waals surface area contributed by atoms with Crippen molar-refractivity contribution in [2.45, 2.75) is 20.3 Å². The van der Waals surface area contributed by atoms with Crippen LogP contribution in [0.25, 0.3) is 0 Å². The molecule has 0 aliphatic carbocycles. The van der Waals surface area contributed by atoms with Gasteiger partial charge in [0.15, 0.2) is 0 Å². The second-order valence-electron chi connectivity index (χ2n) is 3.89. The second-order valence-corrected chi connectivity index (χ2v) is 3.89. The molecule has 0 unspecified atom stereocenters. The molecule has 20 heavy (non-hydrogen) atoms. The molecule has 0 amide bonds. The molecule has 0 N–H and O–H groups in total. The van der Waals surface area contributed by atoms with Crippen LogP contribution in [-0.2, 0) is 25.5 Å². The van der Waals surface area contributed by atoms with Gasteiger partial charge in [-0.05, 0) is 38.0 Å². The Morgan fingerprint density at radius 2 is 1.55 bits per heavy atom. The second kappa shape index (κ2) is 8.09. The van der Waals surface area contributed by atoms with E-state index in [-0.39, 0.29) is 24.6 Å². The van der Waals surface area contributed by atoms with Crippen LogP contribution < -0.4 is 0 Å². The van der Waals surface area contributed by atoms with Crippen LogP contribution in [0.2, 0.25) is 0 Å². The van der Waals surface area contributed by atoms with Crippen LogP contribution in [0.15, 0.2) is 35.9 Å². The van der Waals surface area contributed by atoms with Gasteiger partial charge in [-0.1, -0.05) is 18.2 Å². The summed E-state index contributed by atoms with van der Waals surface area (Å²) < 4.78 is 22.4. The number of carbonyl (C=O) groups excluding carboxylic acids is 2. The van der Waals surface area contributed by atoms with Crippen molar-refractivity contribution in [1.82, 2.24) is 0 Å². The summed E-state index contributed by atoms with van der Waals surface area (Å²) in [5.74, 6) is -1.77. The number of esters is 2. The fraction of sp³-hybridized carbons (Fsp3) is 0.333. The van der Waals surface area contributed by atoms with Gasteiger partial charge in [0.1, 0.15) is 11.4 Å². The van der Waals surface area contributed by atoms with Gasteiger partial charge in [0.2, 0.25) is 0 Å². The third-order valence-corrected chi connectivity index (χ3v) is 2.45. The average molecular weight is 280 g/mol. The normalized spacial score (nSPS) is 9.75. The Bertz CT molecular complexity index is 471. The summed E-state index contributed by atoms with van der Waals surface area (Å²) in [5.41, 5.74) is 0.635. The Labute approximate surface area is 117 Å². The third-order valence-electron chi connectivity index (χ3n) is 2.45. The minimum atomic E-state index is -0.715. The Hall–Kier alpha value is -2.17. The maximum Gasteiger partial charge on any atom is 0.345 e. The van der Waals surface area contributed by atoms with E-state index < -0.39 is 11.9 Å². The molecule has 108 valence electrons. The summed E-state index contributed by atoms with van der Waals surface area (Å²) in [4.78, 5) is 23.4. The van der Waals surface area contributed by atoms with E-state index in [1.54, 1.807) is 26.0 Å². The summed E-state index contributed by atoms with van der Waals surface area (Å²) in [5, 5.41) is 0. The first-order chi connectivity index (χ1) is 9.58. The van der Waals surface area contributed by atoms with E-state index in [1.807, 2.05) is 0 Å². The maximum atomic E-state index is 12.8. The number of hydrogen-bond donors (Lipinski definition) is 0. The zero-order chi connectivity index (χ0) is 15.0. The summed E-state index contributed by atoms with van der Waals surface area (Å²) in [6.07, 6.45) is 1.75. The smallest absolute Gasteiger partial charge is 0.345 e. The minimum absolute atomic E-state index is 0.141. The molecule has 1 rings (SSSR count). The molecular weight excluding hydrogens is 263 g/mol. The van der Waals surface area contributed by atoms with Gasteiger partial charge in [-0.3, -0.25) is 0 Å². The minimum Gasteiger partial charge on any atom is -0.462 e. The highest BCUT2D eigenvalue weighted by Gasteiger charge is 2.20. The van der Waals surface area contributed by atoms with E-state index >= 15 is 0 Å². The molecule has 0 saturated heterocycles. The number of hydrogen-bond acceptors (Lipinski definition) is 4. The number of rotatable bonds is 6. The van der Waals surface area contributed by atoms with Crippen molar-refractivity contribution in [3.8, 4) is 0 Å². The van der Waals surface area contributed by atoms with Crippen molar-refractivity contribution in [1.29, 1.82) is 0 Å². The third kappa shape index (κ3) is 4.84. The van der Waals surface area contributed by atoms with Crippen LogP contribution >= 0.6 is 0 Å². The molecule has 1 aromatic carbocycles. The SMILES string of the molecule is CCOC(=O)C(=CCc1ccc(F)cc1)C(=O)OCC. The van der Waals surface area contributed by atoms with E-state index in [4.69, 9.17) is 9.47 Å². The molecular formula is C15H17FO4. The molecule has 0 radical (unpaired) electrons. The van der Waals surface area contributed by atoms with Gasteiger partial charge in [-0.15, -0.1) is 0 Å². The topological polar surface area (TPSA) is 52.6 Å². The highest BCUT2D eigenvalue weighted by atomic mass is 19.1. The van der Waals surface area contributed by atoms with E-state index in [1.165, 1.54) is 18.2 Å². The van der Waals surface area contributed by atoms with Crippen LogP contribution in [0.4, 0.5) is 4.39 Å². The van der Waals surface area contributed by atoms with Crippen molar-refractivity contribution in [3.63, 3.8) is 0 Å². The lowest BCUT2D eigenvalue weighted by Crippen LogP contribution is -2.18. The van der Waals surface area contributed by atoms with Gasteiger partial charge in [0.05, 0.1) is 13.2 Å². The molecule has 0 heterocycles. The molecule has 0 aliphatic rings. The Balaban J connectivity index is 2.86. The molecule has 0 aliphatic heterocycles. The van der Waals surface area contributed by atoms with Gasteiger partial charge in [-0.25, -0.2) is 14.0 Å². The number of carbonyl (C=O) groups is 2. The number of allylic oxidation sites excluding steroid dienone is 1. The van der Waals surface area contributed by atoms with E-state index in [0.29, 0.717) is 6.42 Å². The lowest BCUT2D eigenvalue weighted by Gasteiger charge is -2.06. The summed E-state index contributed by atoms with van der Waals surface area (Å²) in [6, 6.07) is 5.80. The molecule has 0 saturated carbocycles. The number of ether oxygens (including phenoxy) is 2. The fourth-order valence-electron chi connectivity index (χ4n) is 1.51. The standard InChI is InChI=1S/C15H17FO4/c1-3-19-14(17)13(15(18)20-4-2)10-7-11-5-8-12(16)9-6-11/h5-6,8-10H,3-4,7H2,1-2H3. The van der Waals surface area contributed by atoms with Crippen molar-refractivity contribution in [3.05, 3.63) is 47.3 Å².